The minimum absolute atomic E-state index is 0.0592. The maximum atomic E-state index is 12.1. The molecule has 2 aromatic rings. The average Bonchev–Trinajstić information content (AvgIpc) is 2.65. The van der Waals surface area contributed by atoms with Gasteiger partial charge in [0.25, 0.3) is 0 Å². The van der Waals surface area contributed by atoms with Gasteiger partial charge in [-0.2, -0.15) is 8.78 Å². The molecule has 0 bridgehead atoms. The lowest BCUT2D eigenvalue weighted by molar-refractivity contribution is -0.144. The molecule has 138 valence electrons. The number of hydrogen-bond donors (Lipinski definition) is 0. The summed E-state index contributed by atoms with van der Waals surface area (Å²) in [6, 6.07) is 12.4. The Bertz CT molecular complexity index is 727. The standard InChI is InChI=1S/C19H18F2O5/c1-2-13-3-7-15(8-4-13)24-12-18(23)25-11-17(22)14-5-9-16(10-6-14)26-19(20)21/h3-10,19H,2,11-12H2,1H3. The molecule has 0 N–H and O–H groups in total. The van der Waals surface area contributed by atoms with E-state index in [4.69, 9.17) is 9.47 Å². The van der Waals surface area contributed by atoms with Crippen molar-refractivity contribution in [2.45, 2.75) is 20.0 Å². The first-order chi connectivity index (χ1) is 12.5. The van der Waals surface area contributed by atoms with E-state index >= 15 is 0 Å². The van der Waals surface area contributed by atoms with Gasteiger partial charge >= 0.3 is 12.6 Å². The summed E-state index contributed by atoms with van der Waals surface area (Å²) in [7, 11) is 0. The molecule has 2 rings (SSSR count). The van der Waals surface area contributed by atoms with Crippen LogP contribution in [-0.2, 0) is 16.0 Å². The summed E-state index contributed by atoms with van der Waals surface area (Å²) in [4.78, 5) is 23.6. The summed E-state index contributed by atoms with van der Waals surface area (Å²) >= 11 is 0. The fourth-order valence-electron chi connectivity index (χ4n) is 2.06. The zero-order chi connectivity index (χ0) is 18.9. The first kappa shape index (κ1) is 19.4. The highest BCUT2D eigenvalue weighted by Gasteiger charge is 2.12. The van der Waals surface area contributed by atoms with Crippen LogP contribution >= 0.6 is 0 Å². The van der Waals surface area contributed by atoms with Gasteiger partial charge in [-0.25, -0.2) is 4.79 Å². The number of ether oxygens (including phenoxy) is 3. The van der Waals surface area contributed by atoms with E-state index in [9.17, 15) is 18.4 Å². The van der Waals surface area contributed by atoms with Crippen molar-refractivity contribution < 1.29 is 32.6 Å². The molecule has 0 amide bonds. The number of rotatable bonds is 9. The Kier molecular flexibility index (Phi) is 7.08. The molecule has 0 saturated carbocycles. The van der Waals surface area contributed by atoms with Gasteiger partial charge in [-0.05, 0) is 48.4 Å². The Labute approximate surface area is 149 Å². The molecule has 0 atom stereocenters. The summed E-state index contributed by atoms with van der Waals surface area (Å²) < 4.78 is 38.5. The van der Waals surface area contributed by atoms with Gasteiger partial charge in [-0.3, -0.25) is 4.79 Å². The van der Waals surface area contributed by atoms with Gasteiger partial charge in [-0.15, -0.1) is 0 Å². The quantitative estimate of drug-likeness (QED) is 0.502. The Morgan fingerprint density at radius 3 is 2.12 bits per heavy atom. The highest BCUT2D eigenvalue weighted by molar-refractivity contribution is 5.98. The number of halogens is 2. The number of alkyl halides is 2. The van der Waals surface area contributed by atoms with Crippen LogP contribution in [-0.4, -0.2) is 31.6 Å². The van der Waals surface area contributed by atoms with Crippen molar-refractivity contribution in [1.29, 1.82) is 0 Å². The number of esters is 1. The monoisotopic (exact) mass is 364 g/mol. The van der Waals surface area contributed by atoms with E-state index in [2.05, 4.69) is 4.74 Å². The first-order valence-electron chi connectivity index (χ1n) is 7.93. The molecule has 0 saturated heterocycles. The molecule has 0 aliphatic rings. The molecule has 26 heavy (non-hydrogen) atoms. The maximum absolute atomic E-state index is 12.1. The van der Waals surface area contributed by atoms with E-state index in [0.29, 0.717) is 5.75 Å². The third-order valence-electron chi connectivity index (χ3n) is 3.45. The lowest BCUT2D eigenvalue weighted by Crippen LogP contribution is -2.19. The minimum Gasteiger partial charge on any atom is -0.482 e. The van der Waals surface area contributed by atoms with Gasteiger partial charge < -0.3 is 14.2 Å². The molecule has 7 heteroatoms. The predicted molar refractivity (Wildman–Crippen MR) is 89.7 cm³/mol. The van der Waals surface area contributed by atoms with Crippen LogP contribution in [0.2, 0.25) is 0 Å². The number of ketones is 1. The van der Waals surface area contributed by atoms with Gasteiger partial charge in [0, 0.05) is 5.56 Å². The van der Waals surface area contributed by atoms with Crippen LogP contribution in [0.4, 0.5) is 8.78 Å². The van der Waals surface area contributed by atoms with Gasteiger partial charge in [0.05, 0.1) is 0 Å². The molecule has 0 aromatic heterocycles. The number of aryl methyl sites for hydroxylation is 1. The molecule has 5 nitrogen and oxygen atoms in total. The van der Waals surface area contributed by atoms with E-state index in [0.717, 1.165) is 12.0 Å². The average molecular weight is 364 g/mol. The minimum atomic E-state index is -2.93. The predicted octanol–water partition coefficient (Wildman–Crippen LogP) is 3.66. The van der Waals surface area contributed by atoms with Crippen LogP contribution in [0, 0.1) is 0 Å². The lowest BCUT2D eigenvalue weighted by atomic mass is 10.1. The fourth-order valence-corrected chi connectivity index (χ4v) is 2.06. The van der Waals surface area contributed by atoms with Crippen LogP contribution in [0.3, 0.4) is 0 Å². The zero-order valence-corrected chi connectivity index (χ0v) is 14.1. The molecule has 0 aliphatic carbocycles. The molecular weight excluding hydrogens is 346 g/mol. The van der Waals surface area contributed by atoms with Crippen molar-refractivity contribution in [2.24, 2.45) is 0 Å². The maximum Gasteiger partial charge on any atom is 0.387 e. The fraction of sp³-hybridized carbons (Fsp3) is 0.263. The highest BCUT2D eigenvalue weighted by atomic mass is 19.3. The van der Waals surface area contributed by atoms with Crippen molar-refractivity contribution >= 4 is 11.8 Å². The molecule has 0 fully saturated rings. The largest absolute Gasteiger partial charge is 0.482 e. The van der Waals surface area contributed by atoms with Crippen molar-refractivity contribution in [3.05, 3.63) is 59.7 Å². The molecule has 2 aromatic carbocycles. The van der Waals surface area contributed by atoms with E-state index in [-0.39, 0.29) is 17.9 Å². The molecule has 0 aliphatic heterocycles. The zero-order valence-electron chi connectivity index (χ0n) is 14.1. The Morgan fingerprint density at radius 2 is 1.54 bits per heavy atom. The van der Waals surface area contributed by atoms with Crippen molar-refractivity contribution in [3.63, 3.8) is 0 Å². The molecule has 0 spiro atoms. The number of hydrogen-bond acceptors (Lipinski definition) is 5. The second-order valence-corrected chi connectivity index (χ2v) is 5.27. The third kappa shape index (κ3) is 6.16. The van der Waals surface area contributed by atoms with Gasteiger partial charge in [-0.1, -0.05) is 19.1 Å². The van der Waals surface area contributed by atoms with Gasteiger partial charge in [0.2, 0.25) is 0 Å². The van der Waals surface area contributed by atoms with Crippen LogP contribution in [0.1, 0.15) is 22.8 Å². The van der Waals surface area contributed by atoms with E-state index in [1.807, 2.05) is 19.1 Å². The van der Waals surface area contributed by atoms with Gasteiger partial charge in [0.1, 0.15) is 11.5 Å². The van der Waals surface area contributed by atoms with Crippen LogP contribution in [0.25, 0.3) is 0 Å². The van der Waals surface area contributed by atoms with E-state index < -0.39 is 25.0 Å². The first-order valence-corrected chi connectivity index (χ1v) is 7.93. The van der Waals surface area contributed by atoms with Crippen LogP contribution in [0.15, 0.2) is 48.5 Å². The second-order valence-electron chi connectivity index (χ2n) is 5.27. The second kappa shape index (κ2) is 9.50. The van der Waals surface area contributed by atoms with Gasteiger partial charge in [0.15, 0.2) is 19.0 Å². The number of carbonyl (C=O) groups excluding carboxylic acids is 2. The number of benzene rings is 2. The Hall–Kier alpha value is -2.96. The Morgan fingerprint density at radius 1 is 0.923 bits per heavy atom. The van der Waals surface area contributed by atoms with E-state index in [1.54, 1.807) is 12.1 Å². The molecular formula is C19H18F2O5. The molecule has 0 heterocycles. The molecule has 0 unspecified atom stereocenters. The SMILES string of the molecule is CCc1ccc(OCC(=O)OCC(=O)c2ccc(OC(F)F)cc2)cc1. The van der Waals surface area contributed by atoms with E-state index in [1.165, 1.54) is 24.3 Å². The summed E-state index contributed by atoms with van der Waals surface area (Å²) in [6.07, 6.45) is 0.902. The number of carbonyl (C=O) groups is 2. The smallest absolute Gasteiger partial charge is 0.387 e. The summed E-state index contributed by atoms with van der Waals surface area (Å²) in [6.45, 7) is -1.69. The number of Topliss-reactive ketones (excluding diaryl/α,β-unsaturated/α-hetero) is 1. The normalized spacial score (nSPS) is 10.5. The summed E-state index contributed by atoms with van der Waals surface area (Å²) in [5.74, 6) is -0.680. The van der Waals surface area contributed by atoms with Crippen molar-refractivity contribution in [1.82, 2.24) is 0 Å². The summed E-state index contributed by atoms with van der Waals surface area (Å²) in [5.41, 5.74) is 1.37. The highest BCUT2D eigenvalue weighted by Crippen LogP contribution is 2.15. The van der Waals surface area contributed by atoms with Crippen LogP contribution < -0.4 is 9.47 Å². The van der Waals surface area contributed by atoms with Crippen molar-refractivity contribution in [3.8, 4) is 11.5 Å². The lowest BCUT2D eigenvalue weighted by Gasteiger charge is -2.08. The Balaban J connectivity index is 1.76. The topological polar surface area (TPSA) is 61.8 Å². The summed E-state index contributed by atoms with van der Waals surface area (Å²) in [5, 5.41) is 0. The molecule has 0 radical (unpaired) electrons. The third-order valence-corrected chi connectivity index (χ3v) is 3.45. The van der Waals surface area contributed by atoms with Crippen LogP contribution in [0.5, 0.6) is 11.5 Å². The van der Waals surface area contributed by atoms with Crippen molar-refractivity contribution in [2.75, 3.05) is 13.2 Å².